The van der Waals surface area contributed by atoms with Crippen molar-refractivity contribution < 1.29 is 14.5 Å². The molecule has 5 heteroatoms. The normalized spacial score (nSPS) is 10.3. The van der Waals surface area contributed by atoms with E-state index in [0.29, 0.717) is 5.75 Å². The number of hydrogen-bond donors (Lipinski definition) is 0. The van der Waals surface area contributed by atoms with E-state index in [9.17, 15) is 14.9 Å². The van der Waals surface area contributed by atoms with Gasteiger partial charge in [0.1, 0.15) is 5.75 Å². The van der Waals surface area contributed by atoms with Crippen molar-refractivity contribution in [1.29, 1.82) is 0 Å². The van der Waals surface area contributed by atoms with Crippen LogP contribution < -0.4 is 4.74 Å². The number of carbonyl (C=O) groups excluding carboxylic acids is 1. The minimum atomic E-state index is -0.862. The predicted octanol–water partition coefficient (Wildman–Crippen LogP) is 2.33. The van der Waals surface area contributed by atoms with E-state index in [2.05, 4.69) is 0 Å². The molecule has 0 fully saturated rings. The van der Waals surface area contributed by atoms with Crippen molar-refractivity contribution in [3.63, 3.8) is 0 Å². The minimum absolute atomic E-state index is 0.389. The molecule has 0 radical (unpaired) electrons. The van der Waals surface area contributed by atoms with Crippen LogP contribution in [0.3, 0.4) is 0 Å². The van der Waals surface area contributed by atoms with Crippen LogP contribution in [0.4, 0.5) is 0 Å². The van der Waals surface area contributed by atoms with Crippen LogP contribution in [0.5, 0.6) is 5.75 Å². The standard InChI is InChI=1S/C13H11NO4/c1-9-6-7-10-4-2-3-5-11(10)13(9)18-12(15)8-14(16)17/h2-7H,8H2,1H3. The minimum Gasteiger partial charge on any atom is -0.421 e. The van der Waals surface area contributed by atoms with Gasteiger partial charge < -0.3 is 4.74 Å². The van der Waals surface area contributed by atoms with Gasteiger partial charge in [0.15, 0.2) is 0 Å². The maximum absolute atomic E-state index is 11.4. The Bertz CT molecular complexity index is 621. The number of esters is 1. The highest BCUT2D eigenvalue weighted by Gasteiger charge is 2.15. The number of nitrogens with zero attached hydrogens (tertiary/aromatic N) is 1. The van der Waals surface area contributed by atoms with Crippen LogP contribution in [-0.2, 0) is 4.79 Å². The number of carbonyl (C=O) groups is 1. The average molecular weight is 245 g/mol. The van der Waals surface area contributed by atoms with Crippen molar-refractivity contribution in [2.24, 2.45) is 0 Å². The fourth-order valence-electron chi connectivity index (χ4n) is 1.74. The Labute approximate surface area is 103 Å². The lowest BCUT2D eigenvalue weighted by Crippen LogP contribution is -2.19. The molecule has 0 saturated carbocycles. The molecule has 18 heavy (non-hydrogen) atoms. The Morgan fingerprint density at radius 1 is 1.28 bits per heavy atom. The fraction of sp³-hybridized carbons (Fsp3) is 0.154. The molecule has 2 aromatic carbocycles. The number of fused-ring (bicyclic) bond motifs is 1. The van der Waals surface area contributed by atoms with Gasteiger partial charge in [0.2, 0.25) is 0 Å². The topological polar surface area (TPSA) is 69.4 Å². The van der Waals surface area contributed by atoms with Gasteiger partial charge in [0.25, 0.3) is 6.54 Å². The quantitative estimate of drug-likeness (QED) is 0.360. The lowest BCUT2D eigenvalue weighted by molar-refractivity contribution is -0.469. The van der Waals surface area contributed by atoms with E-state index in [4.69, 9.17) is 4.74 Å². The Balaban J connectivity index is 2.40. The molecule has 2 rings (SSSR count). The van der Waals surface area contributed by atoms with Crippen LogP contribution in [0.2, 0.25) is 0 Å². The largest absolute Gasteiger partial charge is 0.421 e. The highest BCUT2D eigenvalue weighted by molar-refractivity contribution is 5.91. The molecule has 0 aromatic heterocycles. The second-order valence-electron chi connectivity index (χ2n) is 3.90. The third kappa shape index (κ3) is 2.45. The van der Waals surface area contributed by atoms with Gasteiger partial charge in [-0.3, -0.25) is 10.1 Å². The molecule has 0 aliphatic rings. The fourth-order valence-corrected chi connectivity index (χ4v) is 1.74. The summed E-state index contributed by atoms with van der Waals surface area (Å²) in [5.41, 5.74) is 0.769. The summed E-state index contributed by atoms with van der Waals surface area (Å²) in [6.07, 6.45) is 0. The van der Waals surface area contributed by atoms with E-state index in [1.54, 1.807) is 6.92 Å². The first-order chi connectivity index (χ1) is 8.58. The van der Waals surface area contributed by atoms with Crippen molar-refractivity contribution in [3.8, 4) is 5.75 Å². The molecule has 0 unspecified atom stereocenters. The van der Waals surface area contributed by atoms with Gasteiger partial charge in [0, 0.05) is 10.3 Å². The van der Waals surface area contributed by atoms with Crippen LogP contribution in [0.25, 0.3) is 10.8 Å². The van der Waals surface area contributed by atoms with Crippen LogP contribution in [0.1, 0.15) is 5.56 Å². The lowest BCUT2D eigenvalue weighted by atomic mass is 10.1. The number of benzene rings is 2. The summed E-state index contributed by atoms with van der Waals surface area (Å²) in [6.45, 7) is 0.962. The Kier molecular flexibility index (Phi) is 3.23. The van der Waals surface area contributed by atoms with Gasteiger partial charge in [-0.05, 0) is 17.9 Å². The molecule has 0 bridgehead atoms. The summed E-state index contributed by atoms with van der Waals surface area (Å²) in [5.74, 6) is -0.473. The number of rotatable bonds is 3. The summed E-state index contributed by atoms with van der Waals surface area (Å²) in [4.78, 5) is 20.9. The van der Waals surface area contributed by atoms with Gasteiger partial charge >= 0.3 is 5.97 Å². The van der Waals surface area contributed by atoms with Crippen molar-refractivity contribution >= 4 is 16.7 Å². The molecule has 0 spiro atoms. The maximum Gasteiger partial charge on any atom is 0.383 e. The van der Waals surface area contributed by atoms with Gasteiger partial charge in [-0.2, -0.15) is 0 Å². The molecule has 5 nitrogen and oxygen atoms in total. The summed E-state index contributed by atoms with van der Waals surface area (Å²) >= 11 is 0. The van der Waals surface area contributed by atoms with E-state index >= 15 is 0 Å². The van der Waals surface area contributed by atoms with E-state index in [-0.39, 0.29) is 0 Å². The lowest BCUT2D eigenvalue weighted by Gasteiger charge is -2.09. The molecular formula is C13H11NO4. The third-order valence-corrected chi connectivity index (χ3v) is 2.55. The van der Waals surface area contributed by atoms with E-state index in [0.717, 1.165) is 16.3 Å². The van der Waals surface area contributed by atoms with Crippen molar-refractivity contribution in [2.45, 2.75) is 6.92 Å². The van der Waals surface area contributed by atoms with Crippen LogP contribution >= 0.6 is 0 Å². The molecule has 0 N–H and O–H groups in total. The molecule has 2 aromatic rings. The zero-order valence-corrected chi connectivity index (χ0v) is 9.75. The highest BCUT2D eigenvalue weighted by atomic mass is 16.6. The van der Waals surface area contributed by atoms with Crippen LogP contribution in [0, 0.1) is 17.0 Å². The number of nitro groups is 1. The van der Waals surface area contributed by atoms with Crippen molar-refractivity contribution in [3.05, 3.63) is 52.1 Å². The number of ether oxygens (including phenoxy) is 1. The first kappa shape index (κ1) is 12.0. The monoisotopic (exact) mass is 245 g/mol. The second-order valence-corrected chi connectivity index (χ2v) is 3.90. The average Bonchev–Trinajstić information content (AvgIpc) is 2.32. The molecule has 0 aliphatic heterocycles. The van der Waals surface area contributed by atoms with Gasteiger partial charge in [-0.25, -0.2) is 4.79 Å². The van der Waals surface area contributed by atoms with Gasteiger partial charge in [-0.15, -0.1) is 0 Å². The van der Waals surface area contributed by atoms with Crippen molar-refractivity contribution in [2.75, 3.05) is 6.54 Å². The highest BCUT2D eigenvalue weighted by Crippen LogP contribution is 2.29. The zero-order valence-electron chi connectivity index (χ0n) is 9.75. The zero-order chi connectivity index (χ0) is 13.1. The molecule has 92 valence electrons. The van der Waals surface area contributed by atoms with E-state index in [1.165, 1.54) is 0 Å². The Hall–Kier alpha value is -2.43. The number of hydrogen-bond acceptors (Lipinski definition) is 4. The summed E-state index contributed by atoms with van der Waals surface area (Å²) in [5, 5.41) is 11.9. The second kappa shape index (κ2) is 4.83. The smallest absolute Gasteiger partial charge is 0.383 e. The van der Waals surface area contributed by atoms with Gasteiger partial charge in [0.05, 0.1) is 0 Å². The number of aryl methyl sites for hydroxylation is 1. The SMILES string of the molecule is Cc1ccc2ccccc2c1OC(=O)C[N+](=O)[O-]. The summed E-state index contributed by atoms with van der Waals surface area (Å²) < 4.78 is 5.09. The van der Waals surface area contributed by atoms with E-state index in [1.807, 2.05) is 36.4 Å². The predicted molar refractivity (Wildman–Crippen MR) is 66.2 cm³/mol. The first-order valence-electron chi connectivity index (χ1n) is 5.39. The molecule has 0 atom stereocenters. The third-order valence-electron chi connectivity index (χ3n) is 2.55. The Morgan fingerprint density at radius 3 is 2.72 bits per heavy atom. The Morgan fingerprint density at radius 2 is 2.00 bits per heavy atom. The molecule has 0 saturated heterocycles. The molecular weight excluding hydrogens is 234 g/mol. The van der Waals surface area contributed by atoms with Crippen LogP contribution in [-0.4, -0.2) is 17.4 Å². The molecule has 0 amide bonds. The first-order valence-corrected chi connectivity index (χ1v) is 5.39. The molecule has 0 heterocycles. The molecule has 0 aliphatic carbocycles. The van der Waals surface area contributed by atoms with E-state index < -0.39 is 17.4 Å². The maximum atomic E-state index is 11.4. The van der Waals surface area contributed by atoms with Gasteiger partial charge in [-0.1, -0.05) is 36.4 Å². The van der Waals surface area contributed by atoms with Crippen LogP contribution in [0.15, 0.2) is 36.4 Å². The summed E-state index contributed by atoms with van der Waals surface area (Å²) in [7, 11) is 0. The van der Waals surface area contributed by atoms with Crippen molar-refractivity contribution in [1.82, 2.24) is 0 Å². The summed E-state index contributed by atoms with van der Waals surface area (Å²) in [6, 6.07) is 11.1.